The lowest BCUT2D eigenvalue weighted by atomic mass is 9.92. The van der Waals surface area contributed by atoms with Crippen molar-refractivity contribution in [2.75, 3.05) is 21.3 Å². The Morgan fingerprint density at radius 2 is 1.72 bits per heavy atom. The van der Waals surface area contributed by atoms with E-state index in [1.165, 1.54) is 32.7 Å². The number of ether oxygens (including phenoxy) is 3. The summed E-state index contributed by atoms with van der Waals surface area (Å²) in [4.78, 5) is 30.0. The smallest absolute Gasteiger partial charge is 0.270 e. The van der Waals surface area contributed by atoms with E-state index in [-0.39, 0.29) is 61.6 Å². The fourth-order valence-electron chi connectivity index (χ4n) is 4.14. The van der Waals surface area contributed by atoms with Crippen LogP contribution in [-0.2, 0) is 11.2 Å². The summed E-state index contributed by atoms with van der Waals surface area (Å²) in [6.07, 6.45) is 0.0922. The molecule has 2 amide bonds. The van der Waals surface area contributed by atoms with E-state index in [0.717, 1.165) is 0 Å². The lowest BCUT2D eigenvalue weighted by Crippen LogP contribution is -2.40. The molecule has 0 radical (unpaired) electrons. The number of halogens is 2. The van der Waals surface area contributed by atoms with E-state index >= 15 is 0 Å². The first-order valence-corrected chi connectivity index (χ1v) is 12.7. The predicted octanol–water partition coefficient (Wildman–Crippen LogP) is 4.53. The minimum Gasteiger partial charge on any atom is -0.493 e. The van der Waals surface area contributed by atoms with Crippen LogP contribution in [0.25, 0.3) is 0 Å². The van der Waals surface area contributed by atoms with Gasteiger partial charge in [0.25, 0.3) is 5.91 Å². The minimum absolute atomic E-state index is 0.0107. The van der Waals surface area contributed by atoms with Crippen LogP contribution in [0.5, 0.6) is 17.2 Å². The number of thiazole rings is 1. The lowest BCUT2D eigenvalue weighted by molar-refractivity contribution is -0.121. The van der Waals surface area contributed by atoms with Crippen molar-refractivity contribution in [3.05, 3.63) is 33.8 Å². The highest BCUT2D eigenvalue weighted by Crippen LogP contribution is 2.38. The number of alkyl halides is 2. The van der Waals surface area contributed by atoms with Crippen LogP contribution >= 0.6 is 11.3 Å². The number of hydrogen-bond acceptors (Lipinski definition) is 7. The molecule has 0 spiro atoms. The first-order chi connectivity index (χ1) is 17.1. The first-order valence-electron chi connectivity index (χ1n) is 11.8. The van der Waals surface area contributed by atoms with E-state index in [9.17, 15) is 18.4 Å². The van der Waals surface area contributed by atoms with Crippen LogP contribution in [0.1, 0.15) is 66.6 Å². The minimum atomic E-state index is -2.65. The Morgan fingerprint density at radius 1 is 1.11 bits per heavy atom. The van der Waals surface area contributed by atoms with Crippen LogP contribution < -0.4 is 24.8 Å². The fourth-order valence-corrected chi connectivity index (χ4v) is 5.16. The second-order valence-electron chi connectivity index (χ2n) is 9.17. The van der Waals surface area contributed by atoms with Crippen molar-refractivity contribution in [3.8, 4) is 17.2 Å². The zero-order chi connectivity index (χ0) is 26.5. The molecular weight excluding hydrogens is 492 g/mol. The zero-order valence-corrected chi connectivity index (χ0v) is 22.0. The van der Waals surface area contributed by atoms with Gasteiger partial charge in [-0.15, -0.1) is 11.3 Å². The van der Waals surface area contributed by atoms with Crippen molar-refractivity contribution in [2.24, 2.45) is 5.92 Å². The molecule has 1 aliphatic carbocycles. The van der Waals surface area contributed by atoms with Gasteiger partial charge in [0.15, 0.2) is 11.5 Å². The molecule has 1 aliphatic rings. The monoisotopic (exact) mass is 525 g/mol. The van der Waals surface area contributed by atoms with Crippen LogP contribution in [0.2, 0.25) is 0 Å². The van der Waals surface area contributed by atoms with Gasteiger partial charge in [-0.1, -0.05) is 13.8 Å². The Hall–Kier alpha value is -2.95. The number of carbonyl (C=O) groups is 2. The summed E-state index contributed by atoms with van der Waals surface area (Å²) in [5, 5.41) is 8.05. The summed E-state index contributed by atoms with van der Waals surface area (Å²) >= 11 is 1.28. The van der Waals surface area contributed by atoms with Gasteiger partial charge < -0.3 is 24.8 Å². The molecule has 1 fully saturated rings. The summed E-state index contributed by atoms with van der Waals surface area (Å²) in [5.74, 6) is -1.91. The second kappa shape index (κ2) is 11.9. The molecule has 0 saturated heterocycles. The summed E-state index contributed by atoms with van der Waals surface area (Å²) in [7, 11) is 4.53. The number of amides is 2. The van der Waals surface area contributed by atoms with Crippen LogP contribution in [0.4, 0.5) is 8.78 Å². The third-order valence-corrected chi connectivity index (χ3v) is 7.07. The molecule has 1 aromatic heterocycles. The standard InChI is InChI=1S/C25H33F2N3O5S/c1-14(2)21(30-20(31)12-15-10-18(33-3)22(35-5)19(11-15)34-4)24-29-17(13-36-24)23(32)28-16-6-8-25(26,27)9-7-16/h10-11,13-14,16,21H,6-9,12H2,1-5H3,(H,28,32)(H,30,31). The molecule has 3 rings (SSSR count). The van der Waals surface area contributed by atoms with Crippen molar-refractivity contribution in [1.29, 1.82) is 0 Å². The van der Waals surface area contributed by atoms with Crippen molar-refractivity contribution in [1.82, 2.24) is 15.6 Å². The van der Waals surface area contributed by atoms with Gasteiger partial charge in [-0.3, -0.25) is 9.59 Å². The molecule has 8 nitrogen and oxygen atoms in total. The molecule has 1 aromatic carbocycles. The number of nitrogens with zero attached hydrogens (tertiary/aromatic N) is 1. The average Bonchev–Trinajstić information content (AvgIpc) is 3.33. The second-order valence-corrected chi connectivity index (χ2v) is 10.1. The average molecular weight is 526 g/mol. The topological polar surface area (TPSA) is 98.8 Å². The molecule has 198 valence electrons. The van der Waals surface area contributed by atoms with Crippen molar-refractivity contribution in [2.45, 2.75) is 64.0 Å². The maximum absolute atomic E-state index is 13.4. The van der Waals surface area contributed by atoms with E-state index in [1.54, 1.807) is 17.5 Å². The molecule has 11 heteroatoms. The Balaban J connectivity index is 1.66. The Bertz CT molecular complexity index is 1040. The van der Waals surface area contributed by atoms with Gasteiger partial charge in [-0.2, -0.15) is 0 Å². The fraction of sp³-hybridized carbons (Fsp3) is 0.560. The molecule has 0 bridgehead atoms. The van der Waals surface area contributed by atoms with Crippen molar-refractivity contribution >= 4 is 23.2 Å². The van der Waals surface area contributed by atoms with Gasteiger partial charge in [0.05, 0.1) is 33.8 Å². The van der Waals surface area contributed by atoms with Crippen LogP contribution in [0.15, 0.2) is 17.5 Å². The summed E-state index contributed by atoms with van der Waals surface area (Å²) in [6.45, 7) is 3.90. The maximum atomic E-state index is 13.4. The normalized spacial score (nSPS) is 16.3. The van der Waals surface area contributed by atoms with E-state index in [0.29, 0.717) is 27.8 Å². The van der Waals surface area contributed by atoms with Gasteiger partial charge in [0.1, 0.15) is 10.7 Å². The Morgan fingerprint density at radius 3 is 2.25 bits per heavy atom. The molecule has 1 atom stereocenters. The molecule has 2 N–H and O–H groups in total. The summed E-state index contributed by atoms with van der Waals surface area (Å²) in [5.41, 5.74) is 0.902. The van der Waals surface area contributed by atoms with Crippen LogP contribution in [-0.4, -0.2) is 50.1 Å². The molecule has 1 saturated carbocycles. The molecule has 1 heterocycles. The van der Waals surface area contributed by atoms with Gasteiger partial charge >= 0.3 is 0 Å². The molecule has 2 aromatic rings. The highest BCUT2D eigenvalue weighted by molar-refractivity contribution is 7.09. The maximum Gasteiger partial charge on any atom is 0.270 e. The number of methoxy groups -OCH3 is 3. The molecule has 0 aliphatic heterocycles. The van der Waals surface area contributed by atoms with Gasteiger partial charge in [0, 0.05) is 24.3 Å². The number of nitrogens with one attached hydrogen (secondary N) is 2. The van der Waals surface area contributed by atoms with Gasteiger partial charge in [-0.05, 0) is 36.5 Å². The predicted molar refractivity (Wildman–Crippen MR) is 132 cm³/mol. The zero-order valence-electron chi connectivity index (χ0n) is 21.2. The Kier molecular flexibility index (Phi) is 9.10. The number of hydrogen-bond donors (Lipinski definition) is 2. The number of aromatic nitrogens is 1. The van der Waals surface area contributed by atoms with Gasteiger partial charge in [0.2, 0.25) is 17.6 Å². The third kappa shape index (κ3) is 6.83. The Labute approximate surface area is 213 Å². The quantitative estimate of drug-likeness (QED) is 0.473. The highest BCUT2D eigenvalue weighted by Gasteiger charge is 2.35. The number of carbonyl (C=O) groups excluding carboxylic acids is 2. The summed E-state index contributed by atoms with van der Waals surface area (Å²) in [6, 6.07) is 2.75. The molecule has 1 unspecified atom stereocenters. The first kappa shape index (κ1) is 27.6. The molecule has 36 heavy (non-hydrogen) atoms. The van der Waals surface area contributed by atoms with E-state index in [1.807, 2.05) is 13.8 Å². The SMILES string of the molecule is COc1cc(CC(=O)NC(c2nc(C(=O)NC3CCC(F)(F)CC3)cs2)C(C)C)cc(OC)c1OC. The lowest BCUT2D eigenvalue weighted by Gasteiger charge is -2.28. The van der Waals surface area contributed by atoms with Gasteiger partial charge in [-0.25, -0.2) is 13.8 Å². The van der Waals surface area contributed by atoms with E-state index in [2.05, 4.69) is 15.6 Å². The van der Waals surface area contributed by atoms with Crippen LogP contribution in [0, 0.1) is 5.92 Å². The van der Waals surface area contributed by atoms with E-state index in [4.69, 9.17) is 14.2 Å². The largest absolute Gasteiger partial charge is 0.493 e. The molecular formula is C25H33F2N3O5S. The van der Waals surface area contributed by atoms with Crippen LogP contribution in [0.3, 0.4) is 0 Å². The highest BCUT2D eigenvalue weighted by atomic mass is 32.1. The van der Waals surface area contributed by atoms with Crippen molar-refractivity contribution < 1.29 is 32.6 Å². The third-order valence-electron chi connectivity index (χ3n) is 6.15. The number of rotatable bonds is 10. The number of benzene rings is 1. The van der Waals surface area contributed by atoms with E-state index < -0.39 is 12.0 Å². The summed E-state index contributed by atoms with van der Waals surface area (Å²) < 4.78 is 42.8. The van der Waals surface area contributed by atoms with Crippen molar-refractivity contribution in [3.63, 3.8) is 0 Å².